The van der Waals surface area contributed by atoms with Crippen LogP contribution in [0.2, 0.25) is 31.7 Å². The molecule has 0 saturated heterocycles. The highest BCUT2D eigenvalue weighted by atomic mass is 28.4. The minimum Gasteiger partial charge on any atom is -0.395 e. The Labute approximate surface area is 85.5 Å². The standard InChI is InChI=1S/C9H24O2Si2/c1-6-10-13(5,11-7-2)9-8-12(3)4/h12H,6-9H2,1-5H3. The predicted octanol–water partition coefficient (Wildman–Crippen LogP) is 2.62. The fourth-order valence-electron chi connectivity index (χ4n) is 1.35. The van der Waals surface area contributed by atoms with Crippen LogP contribution in [-0.2, 0) is 8.85 Å². The van der Waals surface area contributed by atoms with Crippen LogP contribution in [0.25, 0.3) is 0 Å². The van der Waals surface area contributed by atoms with Crippen molar-refractivity contribution in [3.63, 3.8) is 0 Å². The second-order valence-corrected chi connectivity index (χ2v) is 10.6. The summed E-state index contributed by atoms with van der Waals surface area (Å²) in [6, 6.07) is 2.53. The van der Waals surface area contributed by atoms with Gasteiger partial charge in [0, 0.05) is 22.0 Å². The Bertz CT molecular complexity index is 123. The van der Waals surface area contributed by atoms with Crippen molar-refractivity contribution >= 4 is 17.4 Å². The summed E-state index contributed by atoms with van der Waals surface area (Å²) in [5.41, 5.74) is 0. The molecule has 0 aliphatic carbocycles. The summed E-state index contributed by atoms with van der Waals surface area (Å²) in [5.74, 6) is 0. The van der Waals surface area contributed by atoms with Gasteiger partial charge in [-0.1, -0.05) is 19.1 Å². The monoisotopic (exact) mass is 220 g/mol. The summed E-state index contributed by atoms with van der Waals surface area (Å²) in [5, 5.41) is 0. The molecule has 2 nitrogen and oxygen atoms in total. The fraction of sp³-hybridized carbons (Fsp3) is 1.00. The third-order valence-electron chi connectivity index (χ3n) is 2.08. The Hall–Kier alpha value is 0.354. The van der Waals surface area contributed by atoms with E-state index in [0.29, 0.717) is 0 Å². The molecule has 0 spiro atoms. The fourth-order valence-corrected chi connectivity index (χ4v) is 7.35. The maximum Gasteiger partial charge on any atom is 0.334 e. The molecule has 0 N–H and O–H groups in total. The van der Waals surface area contributed by atoms with Gasteiger partial charge in [0.1, 0.15) is 0 Å². The molecule has 0 aromatic rings. The van der Waals surface area contributed by atoms with Gasteiger partial charge in [0.2, 0.25) is 0 Å². The minimum atomic E-state index is -1.78. The summed E-state index contributed by atoms with van der Waals surface area (Å²) in [6.45, 7) is 12.6. The van der Waals surface area contributed by atoms with Gasteiger partial charge >= 0.3 is 8.56 Å². The summed E-state index contributed by atoms with van der Waals surface area (Å²) in [7, 11) is -2.22. The lowest BCUT2D eigenvalue weighted by molar-refractivity contribution is 0.190. The number of hydrogen-bond acceptors (Lipinski definition) is 2. The van der Waals surface area contributed by atoms with E-state index in [4.69, 9.17) is 8.85 Å². The molecular formula is C9H24O2Si2. The first-order valence-electron chi connectivity index (χ1n) is 5.32. The van der Waals surface area contributed by atoms with Gasteiger partial charge in [-0.15, -0.1) is 0 Å². The molecule has 0 amide bonds. The normalized spacial score (nSPS) is 12.5. The minimum absolute atomic E-state index is 0.446. The number of rotatable bonds is 7. The second-order valence-electron chi connectivity index (χ2n) is 3.93. The molecule has 0 radical (unpaired) electrons. The molecule has 0 heterocycles. The van der Waals surface area contributed by atoms with Crippen LogP contribution in [0.4, 0.5) is 0 Å². The average molecular weight is 220 g/mol. The molecule has 0 fully saturated rings. The topological polar surface area (TPSA) is 18.5 Å². The molecule has 80 valence electrons. The van der Waals surface area contributed by atoms with Crippen molar-refractivity contribution < 1.29 is 8.85 Å². The quantitative estimate of drug-likeness (QED) is 0.614. The van der Waals surface area contributed by atoms with Crippen molar-refractivity contribution in [1.29, 1.82) is 0 Å². The van der Waals surface area contributed by atoms with Gasteiger partial charge in [0.05, 0.1) is 0 Å². The maximum absolute atomic E-state index is 5.76. The molecule has 0 aliphatic heterocycles. The molecule has 0 saturated carbocycles. The van der Waals surface area contributed by atoms with Crippen molar-refractivity contribution in [2.45, 2.75) is 45.6 Å². The second kappa shape index (κ2) is 6.76. The third-order valence-corrected chi connectivity index (χ3v) is 7.09. The zero-order valence-electron chi connectivity index (χ0n) is 9.72. The molecule has 0 bridgehead atoms. The van der Waals surface area contributed by atoms with Crippen molar-refractivity contribution in [3.05, 3.63) is 0 Å². The lowest BCUT2D eigenvalue weighted by Gasteiger charge is -2.26. The van der Waals surface area contributed by atoms with Crippen LogP contribution in [0.1, 0.15) is 13.8 Å². The van der Waals surface area contributed by atoms with E-state index in [1.807, 2.05) is 0 Å². The van der Waals surface area contributed by atoms with Crippen molar-refractivity contribution in [2.75, 3.05) is 13.2 Å². The van der Waals surface area contributed by atoms with E-state index in [2.05, 4.69) is 33.5 Å². The molecular weight excluding hydrogens is 196 g/mol. The van der Waals surface area contributed by atoms with Crippen LogP contribution in [0.15, 0.2) is 0 Å². The maximum atomic E-state index is 5.76. The highest BCUT2D eigenvalue weighted by Crippen LogP contribution is 2.17. The summed E-state index contributed by atoms with van der Waals surface area (Å²) >= 11 is 0. The Morgan fingerprint density at radius 1 is 1.08 bits per heavy atom. The molecule has 0 aromatic heterocycles. The van der Waals surface area contributed by atoms with Gasteiger partial charge in [-0.25, -0.2) is 0 Å². The van der Waals surface area contributed by atoms with Crippen LogP contribution in [0.5, 0.6) is 0 Å². The zero-order chi connectivity index (χ0) is 10.3. The Morgan fingerprint density at radius 3 is 1.85 bits per heavy atom. The van der Waals surface area contributed by atoms with E-state index in [9.17, 15) is 0 Å². The number of hydrogen-bond donors (Lipinski definition) is 0. The van der Waals surface area contributed by atoms with Crippen molar-refractivity contribution in [3.8, 4) is 0 Å². The summed E-state index contributed by atoms with van der Waals surface area (Å²) < 4.78 is 11.5. The van der Waals surface area contributed by atoms with E-state index in [1.54, 1.807) is 0 Å². The van der Waals surface area contributed by atoms with Crippen LogP contribution >= 0.6 is 0 Å². The first-order valence-corrected chi connectivity index (χ1v) is 11.0. The molecule has 13 heavy (non-hydrogen) atoms. The van der Waals surface area contributed by atoms with E-state index in [0.717, 1.165) is 13.2 Å². The van der Waals surface area contributed by atoms with Crippen LogP contribution < -0.4 is 0 Å². The van der Waals surface area contributed by atoms with Crippen LogP contribution in [0, 0.1) is 0 Å². The van der Waals surface area contributed by atoms with Gasteiger partial charge in [-0.3, -0.25) is 0 Å². The van der Waals surface area contributed by atoms with E-state index in [1.165, 1.54) is 12.1 Å². The van der Waals surface area contributed by atoms with Crippen LogP contribution in [0.3, 0.4) is 0 Å². The van der Waals surface area contributed by atoms with Crippen molar-refractivity contribution in [1.82, 2.24) is 0 Å². The van der Waals surface area contributed by atoms with Crippen molar-refractivity contribution in [2.24, 2.45) is 0 Å². The van der Waals surface area contributed by atoms with E-state index < -0.39 is 17.4 Å². The lowest BCUT2D eigenvalue weighted by Crippen LogP contribution is -2.39. The Kier molecular flexibility index (Phi) is 6.94. The highest BCUT2D eigenvalue weighted by Gasteiger charge is 2.30. The predicted molar refractivity (Wildman–Crippen MR) is 63.4 cm³/mol. The largest absolute Gasteiger partial charge is 0.395 e. The average Bonchev–Trinajstić information content (AvgIpc) is 2.02. The molecule has 0 unspecified atom stereocenters. The molecule has 4 heteroatoms. The Morgan fingerprint density at radius 2 is 1.54 bits per heavy atom. The van der Waals surface area contributed by atoms with E-state index >= 15 is 0 Å². The first-order chi connectivity index (χ1) is 6.04. The Balaban J connectivity index is 3.91. The summed E-state index contributed by atoms with van der Waals surface area (Å²) in [6.07, 6.45) is 0. The molecule has 0 rings (SSSR count). The smallest absolute Gasteiger partial charge is 0.334 e. The van der Waals surface area contributed by atoms with Gasteiger partial charge in [0.25, 0.3) is 0 Å². The van der Waals surface area contributed by atoms with Crippen LogP contribution in [-0.4, -0.2) is 30.6 Å². The summed E-state index contributed by atoms with van der Waals surface area (Å²) in [4.78, 5) is 0. The van der Waals surface area contributed by atoms with Gasteiger partial charge < -0.3 is 8.85 Å². The first kappa shape index (κ1) is 13.4. The molecule has 0 aliphatic rings. The van der Waals surface area contributed by atoms with Gasteiger partial charge in [-0.2, -0.15) is 0 Å². The zero-order valence-corrected chi connectivity index (χ0v) is 11.9. The van der Waals surface area contributed by atoms with Gasteiger partial charge in [-0.05, 0) is 26.4 Å². The lowest BCUT2D eigenvalue weighted by atomic mass is 10.9. The van der Waals surface area contributed by atoms with Gasteiger partial charge in [0.15, 0.2) is 0 Å². The highest BCUT2D eigenvalue weighted by molar-refractivity contribution is 6.68. The SMILES string of the molecule is CCO[Si](C)(CC[SiH](C)C)OCC. The molecule has 0 atom stereocenters. The molecule has 0 aromatic carbocycles. The third kappa shape index (κ3) is 6.43. The van der Waals surface area contributed by atoms with E-state index in [-0.39, 0.29) is 0 Å².